The summed E-state index contributed by atoms with van der Waals surface area (Å²) in [5, 5.41) is -0.0325. The van der Waals surface area contributed by atoms with Crippen LogP contribution < -0.4 is 9.47 Å². The fourth-order valence-electron chi connectivity index (χ4n) is 1.88. The number of benzene rings is 2. The molecule has 0 aliphatic carbocycles. The molecule has 0 aromatic heterocycles. The molecule has 2 aromatic carbocycles. The van der Waals surface area contributed by atoms with Gasteiger partial charge in [0.05, 0.1) is 19.6 Å². The highest BCUT2D eigenvalue weighted by molar-refractivity contribution is 6.33. The highest BCUT2D eigenvalue weighted by atomic mass is 35.5. The lowest BCUT2D eigenvalue weighted by Crippen LogP contribution is -1.98. The van der Waals surface area contributed by atoms with Gasteiger partial charge in [0.15, 0.2) is 11.5 Å². The molecule has 0 heterocycles. The second kappa shape index (κ2) is 6.33. The number of hydrogen-bond acceptors (Lipinski definition) is 2. The van der Waals surface area contributed by atoms with Crippen LogP contribution >= 0.6 is 23.2 Å². The molecule has 2 nitrogen and oxygen atoms in total. The Bertz CT molecular complexity index is 600. The third-order valence-electron chi connectivity index (χ3n) is 2.94. The van der Waals surface area contributed by atoms with E-state index >= 15 is 0 Å². The van der Waals surface area contributed by atoms with Gasteiger partial charge in [0.1, 0.15) is 5.82 Å². The van der Waals surface area contributed by atoms with E-state index in [1.54, 1.807) is 24.3 Å². The van der Waals surface area contributed by atoms with Crippen molar-refractivity contribution in [1.29, 1.82) is 0 Å². The van der Waals surface area contributed by atoms with E-state index in [9.17, 15) is 4.39 Å². The summed E-state index contributed by atoms with van der Waals surface area (Å²) in [5.41, 5.74) is 1.43. The molecule has 0 saturated heterocycles. The zero-order chi connectivity index (χ0) is 14.7. The summed E-state index contributed by atoms with van der Waals surface area (Å²) in [5.74, 6) is 0.764. The summed E-state index contributed by atoms with van der Waals surface area (Å²) in [6.45, 7) is 0. The Hall–Kier alpha value is -1.45. The van der Waals surface area contributed by atoms with Crippen molar-refractivity contribution in [2.45, 2.75) is 5.38 Å². The molecule has 0 amide bonds. The fraction of sp³-hybridized carbons (Fsp3) is 0.200. The average molecular weight is 315 g/mol. The third-order valence-corrected chi connectivity index (χ3v) is 3.75. The van der Waals surface area contributed by atoms with E-state index < -0.39 is 5.38 Å². The lowest BCUT2D eigenvalue weighted by molar-refractivity contribution is 0.354. The van der Waals surface area contributed by atoms with Crippen LogP contribution in [0.25, 0.3) is 0 Å². The van der Waals surface area contributed by atoms with Crippen LogP contribution in [0.15, 0.2) is 36.4 Å². The lowest BCUT2D eigenvalue weighted by atomic mass is 10.0. The van der Waals surface area contributed by atoms with Gasteiger partial charge >= 0.3 is 0 Å². The van der Waals surface area contributed by atoms with Crippen LogP contribution in [-0.2, 0) is 0 Å². The van der Waals surface area contributed by atoms with Gasteiger partial charge in [-0.25, -0.2) is 4.39 Å². The van der Waals surface area contributed by atoms with Crippen LogP contribution in [0.1, 0.15) is 16.5 Å². The van der Waals surface area contributed by atoms with Crippen LogP contribution in [0.3, 0.4) is 0 Å². The Balaban J connectivity index is 2.43. The van der Waals surface area contributed by atoms with Crippen molar-refractivity contribution in [1.82, 2.24) is 0 Å². The molecule has 20 heavy (non-hydrogen) atoms. The first-order chi connectivity index (χ1) is 9.56. The van der Waals surface area contributed by atoms with Gasteiger partial charge in [0, 0.05) is 11.1 Å². The van der Waals surface area contributed by atoms with Gasteiger partial charge in [-0.1, -0.05) is 23.7 Å². The number of rotatable bonds is 4. The van der Waals surface area contributed by atoms with E-state index in [4.69, 9.17) is 32.7 Å². The molecule has 1 unspecified atom stereocenters. The molecule has 106 valence electrons. The Morgan fingerprint density at radius 1 is 1.00 bits per heavy atom. The first kappa shape index (κ1) is 14.9. The number of ether oxygens (including phenoxy) is 2. The summed E-state index contributed by atoms with van der Waals surface area (Å²) in [7, 11) is 3.07. The summed E-state index contributed by atoms with van der Waals surface area (Å²) >= 11 is 12.6. The van der Waals surface area contributed by atoms with E-state index in [1.807, 2.05) is 0 Å². The van der Waals surface area contributed by atoms with E-state index in [2.05, 4.69) is 0 Å². The molecule has 2 rings (SSSR count). The molecule has 0 fully saturated rings. The maximum Gasteiger partial charge on any atom is 0.162 e. The average Bonchev–Trinajstić information content (AvgIpc) is 2.47. The first-order valence-corrected chi connectivity index (χ1v) is 6.69. The molecule has 0 aliphatic rings. The highest BCUT2D eigenvalue weighted by Crippen LogP contribution is 2.40. The lowest BCUT2D eigenvalue weighted by Gasteiger charge is -2.15. The summed E-state index contributed by atoms with van der Waals surface area (Å²) in [4.78, 5) is 0. The minimum Gasteiger partial charge on any atom is -0.493 e. The number of alkyl halides is 1. The van der Waals surface area contributed by atoms with Gasteiger partial charge in [0.2, 0.25) is 0 Å². The van der Waals surface area contributed by atoms with Crippen molar-refractivity contribution in [3.63, 3.8) is 0 Å². The van der Waals surface area contributed by atoms with E-state index in [-0.39, 0.29) is 5.82 Å². The van der Waals surface area contributed by atoms with Gasteiger partial charge in [-0.15, -0.1) is 11.6 Å². The third kappa shape index (κ3) is 3.00. The molecule has 2 aromatic rings. The van der Waals surface area contributed by atoms with Gasteiger partial charge in [0.25, 0.3) is 0 Å². The van der Waals surface area contributed by atoms with Gasteiger partial charge in [-0.3, -0.25) is 0 Å². The number of methoxy groups -OCH3 is 2. The van der Waals surface area contributed by atoms with Crippen molar-refractivity contribution in [2.75, 3.05) is 14.2 Å². The van der Waals surface area contributed by atoms with Crippen molar-refractivity contribution >= 4 is 23.2 Å². The molecular formula is C15H13Cl2FO2. The van der Waals surface area contributed by atoms with Gasteiger partial charge < -0.3 is 9.47 Å². The van der Waals surface area contributed by atoms with Crippen LogP contribution in [-0.4, -0.2) is 14.2 Å². The molecule has 0 N–H and O–H groups in total. The minimum absolute atomic E-state index is 0.309. The Morgan fingerprint density at radius 3 is 2.10 bits per heavy atom. The number of halogens is 3. The van der Waals surface area contributed by atoms with Crippen LogP contribution in [0.5, 0.6) is 11.5 Å². The molecule has 0 radical (unpaired) electrons. The first-order valence-electron chi connectivity index (χ1n) is 5.87. The molecule has 0 bridgehead atoms. The molecular weight excluding hydrogens is 302 g/mol. The van der Waals surface area contributed by atoms with Gasteiger partial charge in [-0.2, -0.15) is 0 Å². The van der Waals surface area contributed by atoms with E-state index in [1.165, 1.54) is 26.4 Å². The smallest absolute Gasteiger partial charge is 0.162 e. The standard InChI is InChI=1S/C15H13Cl2FO2/c1-19-13-7-11(12(16)8-14(13)20-2)15(17)9-3-5-10(18)6-4-9/h3-8,15H,1-2H3. The van der Waals surface area contributed by atoms with E-state index in [0.717, 1.165) is 5.56 Å². The highest BCUT2D eigenvalue weighted by Gasteiger charge is 2.18. The monoisotopic (exact) mass is 314 g/mol. The molecule has 0 saturated carbocycles. The number of hydrogen-bond donors (Lipinski definition) is 0. The molecule has 0 aliphatic heterocycles. The Kier molecular flexibility index (Phi) is 4.73. The molecule has 1 atom stereocenters. The molecule has 5 heteroatoms. The van der Waals surface area contributed by atoms with Crippen molar-refractivity contribution in [2.24, 2.45) is 0 Å². The minimum atomic E-state index is -0.497. The summed E-state index contributed by atoms with van der Waals surface area (Å²) < 4.78 is 23.3. The predicted molar refractivity (Wildman–Crippen MR) is 78.7 cm³/mol. The molecule has 0 spiro atoms. The fourth-order valence-corrected chi connectivity index (χ4v) is 2.52. The Morgan fingerprint density at radius 2 is 1.55 bits per heavy atom. The SMILES string of the molecule is COc1cc(Cl)c(C(Cl)c2ccc(F)cc2)cc1OC. The quantitative estimate of drug-likeness (QED) is 0.753. The zero-order valence-corrected chi connectivity index (χ0v) is 12.5. The second-order valence-corrected chi connectivity index (χ2v) is 4.99. The topological polar surface area (TPSA) is 18.5 Å². The second-order valence-electron chi connectivity index (χ2n) is 4.14. The van der Waals surface area contributed by atoms with Crippen molar-refractivity contribution in [3.8, 4) is 11.5 Å². The largest absolute Gasteiger partial charge is 0.493 e. The summed E-state index contributed by atoms with van der Waals surface area (Å²) in [6, 6.07) is 9.34. The van der Waals surface area contributed by atoms with Crippen LogP contribution in [0.4, 0.5) is 4.39 Å². The maximum absolute atomic E-state index is 12.9. The summed E-state index contributed by atoms with van der Waals surface area (Å²) in [6.07, 6.45) is 0. The normalized spacial score (nSPS) is 12.1. The predicted octanol–water partition coefficient (Wildman–Crippen LogP) is 4.82. The van der Waals surface area contributed by atoms with E-state index in [0.29, 0.717) is 22.1 Å². The van der Waals surface area contributed by atoms with Gasteiger partial charge in [-0.05, 0) is 29.3 Å². The van der Waals surface area contributed by atoms with Crippen LogP contribution in [0, 0.1) is 5.82 Å². The maximum atomic E-state index is 12.9. The van der Waals surface area contributed by atoms with Crippen molar-refractivity contribution in [3.05, 3.63) is 58.4 Å². The zero-order valence-electron chi connectivity index (χ0n) is 11.0. The Labute approximate surface area is 127 Å². The van der Waals surface area contributed by atoms with Crippen LogP contribution in [0.2, 0.25) is 5.02 Å². The van der Waals surface area contributed by atoms with Crippen molar-refractivity contribution < 1.29 is 13.9 Å².